The summed E-state index contributed by atoms with van der Waals surface area (Å²) >= 11 is 0. The van der Waals surface area contributed by atoms with Crippen LogP contribution in [-0.2, 0) is 18.5 Å². The van der Waals surface area contributed by atoms with Crippen molar-refractivity contribution in [3.8, 4) is 0 Å². The van der Waals surface area contributed by atoms with E-state index in [9.17, 15) is 39.5 Å². The average molecular weight is 353 g/mol. The minimum Gasteiger partial charge on any atom is -0.384 e. The fourth-order valence-corrected chi connectivity index (χ4v) is 2.52. The molecule has 1 N–H and O–H groups in total. The monoisotopic (exact) mass is 353 g/mol. The summed E-state index contributed by atoms with van der Waals surface area (Å²) in [7, 11) is 0. The summed E-state index contributed by atoms with van der Waals surface area (Å²) in [6.45, 7) is 1.94. The van der Waals surface area contributed by atoms with Gasteiger partial charge < -0.3 is 5.32 Å². The van der Waals surface area contributed by atoms with Crippen LogP contribution >= 0.6 is 0 Å². The van der Waals surface area contributed by atoms with Gasteiger partial charge >= 0.3 is 18.5 Å². The Kier molecular flexibility index (Phi) is 4.89. The predicted molar refractivity (Wildman–Crippen MR) is 65.1 cm³/mol. The molecule has 1 aromatic carbocycles. The molecule has 1 nitrogen and oxygen atoms in total. The van der Waals surface area contributed by atoms with E-state index in [0.717, 1.165) is 0 Å². The van der Waals surface area contributed by atoms with Crippen molar-refractivity contribution < 1.29 is 39.5 Å². The van der Waals surface area contributed by atoms with Gasteiger partial charge in [-0.25, -0.2) is 0 Å². The molecule has 0 atom stereocenters. The molecule has 0 saturated carbocycles. The zero-order valence-corrected chi connectivity index (χ0v) is 12.1. The van der Waals surface area contributed by atoms with Crippen molar-refractivity contribution in [2.45, 2.75) is 39.3 Å². The third-order valence-corrected chi connectivity index (χ3v) is 3.20. The maximum absolute atomic E-state index is 13.1. The van der Waals surface area contributed by atoms with Crippen LogP contribution in [-0.4, -0.2) is 6.54 Å². The number of rotatable bonds is 2. The summed E-state index contributed by atoms with van der Waals surface area (Å²) in [5, 5.41) is 1.91. The summed E-state index contributed by atoms with van der Waals surface area (Å²) in [5.74, 6) is 0. The first-order chi connectivity index (χ1) is 10.1. The lowest BCUT2D eigenvalue weighted by Crippen LogP contribution is -2.24. The molecule has 0 aliphatic heterocycles. The fourth-order valence-electron chi connectivity index (χ4n) is 2.52. The lowest BCUT2D eigenvalue weighted by molar-refractivity contribution is -0.148. The Morgan fingerprint density at radius 3 is 1.17 bits per heavy atom. The van der Waals surface area contributed by atoms with Crippen LogP contribution in [0.3, 0.4) is 0 Å². The van der Waals surface area contributed by atoms with Crippen LogP contribution < -0.4 is 5.32 Å². The molecule has 0 heterocycles. The first-order valence-electron chi connectivity index (χ1n) is 6.26. The minimum absolute atomic E-state index is 0.323. The van der Waals surface area contributed by atoms with Crippen molar-refractivity contribution in [2.75, 3.05) is 11.9 Å². The largest absolute Gasteiger partial charge is 0.418 e. The number of hydrogen-bond acceptors (Lipinski definition) is 1. The van der Waals surface area contributed by atoms with Gasteiger partial charge in [0.05, 0.1) is 22.4 Å². The van der Waals surface area contributed by atoms with E-state index < -0.39 is 52.0 Å². The minimum atomic E-state index is -5.38. The molecular weight excluding hydrogens is 341 g/mol. The molecule has 1 aromatic rings. The zero-order chi connectivity index (χ0) is 18.4. The second-order valence-electron chi connectivity index (χ2n) is 4.77. The Labute approximate surface area is 125 Å². The van der Waals surface area contributed by atoms with Gasteiger partial charge in [-0.3, -0.25) is 0 Å². The topological polar surface area (TPSA) is 12.0 Å². The molecule has 0 saturated heterocycles. The van der Waals surface area contributed by atoms with Gasteiger partial charge in [0.25, 0.3) is 0 Å². The van der Waals surface area contributed by atoms with Gasteiger partial charge in [0.2, 0.25) is 0 Å². The molecule has 0 aromatic heterocycles. The molecule has 0 aliphatic carbocycles. The molecule has 0 bridgehead atoms. The Morgan fingerprint density at radius 2 is 0.957 bits per heavy atom. The van der Waals surface area contributed by atoms with Gasteiger partial charge in [0, 0.05) is 6.54 Å². The summed E-state index contributed by atoms with van der Waals surface area (Å²) in [4.78, 5) is 0. The first-order valence-corrected chi connectivity index (χ1v) is 6.26. The van der Waals surface area contributed by atoms with E-state index in [4.69, 9.17) is 0 Å². The first kappa shape index (κ1) is 19.4. The molecule has 0 amide bonds. The van der Waals surface area contributed by atoms with E-state index in [2.05, 4.69) is 0 Å². The molecule has 0 aliphatic rings. The number of alkyl halides is 9. The average Bonchev–Trinajstić information content (AvgIpc) is 2.22. The molecule has 23 heavy (non-hydrogen) atoms. The Hall–Kier alpha value is -1.61. The lowest BCUT2D eigenvalue weighted by Gasteiger charge is -2.27. The number of nitrogens with one attached hydrogen (secondary N) is 1. The van der Waals surface area contributed by atoms with Crippen molar-refractivity contribution in [1.29, 1.82) is 0 Å². The maximum Gasteiger partial charge on any atom is 0.418 e. The van der Waals surface area contributed by atoms with Crippen molar-refractivity contribution in [2.24, 2.45) is 0 Å². The molecule has 0 unspecified atom stereocenters. The number of hydrogen-bond donors (Lipinski definition) is 1. The molecule has 0 spiro atoms. The van der Waals surface area contributed by atoms with E-state index in [1.54, 1.807) is 0 Å². The highest BCUT2D eigenvalue weighted by molar-refractivity contribution is 5.68. The Balaban J connectivity index is 4.11. The Morgan fingerprint density at radius 1 is 0.652 bits per heavy atom. The van der Waals surface area contributed by atoms with Crippen LogP contribution in [0.15, 0.2) is 0 Å². The highest BCUT2D eigenvalue weighted by atomic mass is 19.4. The molecule has 1 rings (SSSR count). The molecule has 0 fully saturated rings. The highest BCUT2D eigenvalue weighted by Crippen LogP contribution is 2.50. The maximum atomic E-state index is 13.1. The SMILES string of the molecule is CCNc1c(C(F)(F)F)c(C)c(C(F)(F)F)c(C)c1C(F)(F)F. The molecule has 0 radical (unpaired) electrons. The standard InChI is InChI=1S/C13H12F9N/c1-4-23-10-8(12(17,18)19)5(2)7(11(14,15)16)6(3)9(10)13(20,21)22/h23H,4H2,1-3H3. The zero-order valence-electron chi connectivity index (χ0n) is 12.1. The third kappa shape index (κ3) is 3.66. The quantitative estimate of drug-likeness (QED) is 0.664. The van der Waals surface area contributed by atoms with Gasteiger partial charge in [-0.15, -0.1) is 0 Å². The van der Waals surface area contributed by atoms with Gasteiger partial charge in [-0.05, 0) is 31.9 Å². The van der Waals surface area contributed by atoms with Gasteiger partial charge in [-0.2, -0.15) is 39.5 Å². The highest BCUT2D eigenvalue weighted by Gasteiger charge is 2.48. The molecular formula is C13H12F9N. The van der Waals surface area contributed by atoms with Crippen LogP contribution in [0.4, 0.5) is 45.2 Å². The summed E-state index contributed by atoms with van der Waals surface area (Å²) in [6, 6.07) is 0. The fraction of sp³-hybridized carbons (Fsp3) is 0.538. The smallest absolute Gasteiger partial charge is 0.384 e. The van der Waals surface area contributed by atoms with Crippen LogP contribution in [0, 0.1) is 13.8 Å². The number of halogens is 9. The van der Waals surface area contributed by atoms with Crippen LogP contribution in [0.1, 0.15) is 34.7 Å². The van der Waals surface area contributed by atoms with Gasteiger partial charge in [-0.1, -0.05) is 0 Å². The molecule has 10 heteroatoms. The summed E-state index contributed by atoms with van der Waals surface area (Å²) < 4.78 is 118. The summed E-state index contributed by atoms with van der Waals surface area (Å²) in [6.07, 6.45) is -16.1. The van der Waals surface area contributed by atoms with E-state index in [0.29, 0.717) is 13.8 Å². The predicted octanol–water partition coefficient (Wildman–Crippen LogP) is 5.79. The third-order valence-electron chi connectivity index (χ3n) is 3.20. The van der Waals surface area contributed by atoms with E-state index in [1.807, 2.05) is 5.32 Å². The van der Waals surface area contributed by atoms with Crippen molar-refractivity contribution in [3.05, 3.63) is 27.8 Å². The Bertz CT molecular complexity index is 552. The normalized spacial score (nSPS) is 13.4. The van der Waals surface area contributed by atoms with Gasteiger partial charge in [0.15, 0.2) is 0 Å². The second kappa shape index (κ2) is 5.79. The number of benzene rings is 1. The van der Waals surface area contributed by atoms with Crippen LogP contribution in [0.25, 0.3) is 0 Å². The van der Waals surface area contributed by atoms with E-state index in [-0.39, 0.29) is 6.54 Å². The van der Waals surface area contributed by atoms with Crippen molar-refractivity contribution in [3.63, 3.8) is 0 Å². The van der Waals surface area contributed by atoms with E-state index >= 15 is 0 Å². The second-order valence-corrected chi connectivity index (χ2v) is 4.77. The van der Waals surface area contributed by atoms with Crippen LogP contribution in [0.2, 0.25) is 0 Å². The van der Waals surface area contributed by atoms with Crippen molar-refractivity contribution in [1.82, 2.24) is 0 Å². The number of anilines is 1. The van der Waals surface area contributed by atoms with Gasteiger partial charge in [0.1, 0.15) is 0 Å². The molecule has 132 valence electrons. The van der Waals surface area contributed by atoms with E-state index in [1.165, 1.54) is 6.92 Å². The lowest BCUT2D eigenvalue weighted by atomic mass is 9.89. The van der Waals surface area contributed by atoms with Crippen molar-refractivity contribution >= 4 is 5.69 Å². The van der Waals surface area contributed by atoms with Crippen LogP contribution in [0.5, 0.6) is 0 Å². The summed E-state index contributed by atoms with van der Waals surface area (Å²) in [5.41, 5.74) is -9.78.